The van der Waals surface area contributed by atoms with Crippen molar-refractivity contribution in [2.24, 2.45) is 0 Å². The topological polar surface area (TPSA) is 144 Å². The Morgan fingerprint density at radius 3 is 1.68 bits per heavy atom. The van der Waals surface area contributed by atoms with E-state index in [4.69, 9.17) is 17.5 Å². The Kier molecular flexibility index (Phi) is 21.6. The summed E-state index contributed by atoms with van der Waals surface area (Å²) >= 11 is 6.79. The van der Waals surface area contributed by atoms with E-state index in [1.807, 2.05) is 36.4 Å². The number of phenolic OH excluding ortho intramolecular Hbond substituents is 4. The third-order valence-electron chi connectivity index (χ3n) is 10.4. The average Bonchev–Trinajstić information content (AvgIpc) is 3.23. The number of fused-ring (bicyclic) bond motifs is 3. The second-order valence-corrected chi connectivity index (χ2v) is 15.9. The van der Waals surface area contributed by atoms with E-state index >= 15 is 0 Å². The van der Waals surface area contributed by atoms with Gasteiger partial charge in [-0.3, -0.25) is 0 Å². The summed E-state index contributed by atoms with van der Waals surface area (Å²) in [7, 11) is 0. The van der Waals surface area contributed by atoms with Gasteiger partial charge in [-0.15, -0.1) is 29.4 Å². The summed E-state index contributed by atoms with van der Waals surface area (Å²) in [4.78, 5) is 2.10. The highest BCUT2D eigenvalue weighted by Crippen LogP contribution is 2.32. The average molecular weight is 935 g/mol. The van der Waals surface area contributed by atoms with Crippen molar-refractivity contribution in [3.8, 4) is 28.4 Å². The molecule has 0 saturated carbocycles. The van der Waals surface area contributed by atoms with Crippen LogP contribution in [0.4, 0.5) is 0 Å². The van der Waals surface area contributed by atoms with E-state index in [9.17, 15) is 20.4 Å². The zero-order valence-electron chi connectivity index (χ0n) is 34.2. The van der Waals surface area contributed by atoms with E-state index in [1.165, 1.54) is 51.6 Å². The predicted octanol–water partition coefficient (Wildman–Crippen LogP) is 8.71. The smallest absolute Gasteiger partial charge is 0.169 e. The van der Waals surface area contributed by atoms with Crippen molar-refractivity contribution >= 4 is 58.5 Å². The number of nitrogens with one attached hydrogen (secondary N) is 3. The molecule has 5 aromatic rings. The molecule has 0 fully saturated rings. The number of hydrogen-bond donors (Lipinski definition) is 7. The number of thiocyanates is 1. The van der Waals surface area contributed by atoms with Gasteiger partial charge in [-0.25, -0.2) is 0 Å². The Morgan fingerprint density at radius 1 is 0.683 bits per heavy atom. The van der Waals surface area contributed by atoms with Crippen LogP contribution < -0.4 is 16.0 Å². The van der Waals surface area contributed by atoms with Crippen LogP contribution >= 0.6 is 53.4 Å². The number of phenols is 4. The molecule has 0 aromatic heterocycles. The van der Waals surface area contributed by atoms with Crippen molar-refractivity contribution in [3.63, 3.8) is 0 Å². The van der Waals surface area contributed by atoms with Gasteiger partial charge in [-0.1, -0.05) is 72.8 Å². The van der Waals surface area contributed by atoms with Crippen molar-refractivity contribution in [1.29, 1.82) is 5.26 Å². The van der Waals surface area contributed by atoms with Gasteiger partial charge in [0.15, 0.2) is 28.1 Å². The summed E-state index contributed by atoms with van der Waals surface area (Å²) in [5.74, 6) is 0.711. The molecule has 3 heterocycles. The summed E-state index contributed by atoms with van der Waals surface area (Å²) in [5.41, 5.74) is 12.7. The lowest BCUT2D eigenvalue weighted by atomic mass is 9.96. The summed E-state index contributed by atoms with van der Waals surface area (Å²) in [5, 5.41) is 58.6. The molecule has 60 heavy (non-hydrogen) atoms. The highest BCUT2D eigenvalue weighted by Gasteiger charge is 2.20. The first-order chi connectivity index (χ1) is 28.1. The molecule has 0 spiro atoms. The second-order valence-electron chi connectivity index (χ2n) is 14.6. The van der Waals surface area contributed by atoms with Crippen LogP contribution in [0.3, 0.4) is 0 Å². The lowest BCUT2D eigenvalue weighted by Gasteiger charge is -2.31. The van der Waals surface area contributed by atoms with Crippen LogP contribution in [-0.4, -0.2) is 62.4 Å². The van der Waals surface area contributed by atoms with Crippen molar-refractivity contribution in [3.05, 3.63) is 153 Å². The van der Waals surface area contributed by atoms with Crippen LogP contribution in [0.2, 0.25) is 0 Å². The Bertz CT molecular complexity index is 2030. The Morgan fingerprint density at radius 2 is 1.13 bits per heavy atom. The summed E-state index contributed by atoms with van der Waals surface area (Å²) in [6, 6.07) is 31.7. The zero-order valence-corrected chi connectivity index (χ0v) is 38.4. The summed E-state index contributed by atoms with van der Waals surface area (Å²) < 4.78 is 0. The van der Waals surface area contributed by atoms with Gasteiger partial charge < -0.3 is 41.3 Å². The first-order valence-electron chi connectivity index (χ1n) is 19.8. The minimum Gasteiger partial charge on any atom is -0.504 e. The molecule has 5 aromatic carbocycles. The third kappa shape index (κ3) is 15.5. The van der Waals surface area contributed by atoms with Crippen LogP contribution in [0.1, 0.15) is 55.6 Å². The van der Waals surface area contributed by atoms with E-state index in [-0.39, 0.29) is 52.4 Å². The number of halogens is 2. The number of thiocarbonyl (C=S) groups is 1. The molecule has 0 amide bonds. The molecule has 13 heteroatoms. The fourth-order valence-corrected chi connectivity index (χ4v) is 7.66. The molecule has 320 valence electrons. The molecule has 0 bridgehead atoms. The molecule has 0 aliphatic carbocycles. The van der Waals surface area contributed by atoms with Gasteiger partial charge in [0.2, 0.25) is 0 Å². The molecule has 0 saturated heterocycles. The number of aromatic hydroxyl groups is 4. The Hall–Kier alpha value is -4.48. The monoisotopic (exact) mass is 933 g/mol. The fraction of sp³-hybridized carbons (Fsp3) is 0.319. The van der Waals surface area contributed by atoms with Crippen LogP contribution in [-0.2, 0) is 51.7 Å². The number of rotatable bonds is 6. The quantitative estimate of drug-likeness (QED) is 0.0380. The second kappa shape index (κ2) is 26.0. The van der Waals surface area contributed by atoms with E-state index in [2.05, 4.69) is 76.5 Å². The lowest BCUT2D eigenvalue weighted by molar-refractivity contribution is 0.375. The van der Waals surface area contributed by atoms with Crippen molar-refractivity contribution in [2.75, 3.05) is 31.9 Å². The van der Waals surface area contributed by atoms with Gasteiger partial charge >= 0.3 is 0 Å². The molecule has 8 rings (SSSR count). The number of aryl methyl sites for hydroxylation is 3. The minimum absolute atomic E-state index is 0. The first kappa shape index (κ1) is 49.9. The van der Waals surface area contributed by atoms with Gasteiger partial charge in [-0.2, -0.15) is 5.26 Å². The molecule has 3 aliphatic rings. The van der Waals surface area contributed by atoms with E-state index < -0.39 is 0 Å². The Labute approximate surface area is 381 Å². The number of nitriles is 1. The maximum atomic E-state index is 9.65. The van der Waals surface area contributed by atoms with Crippen molar-refractivity contribution in [1.82, 2.24) is 20.9 Å². The standard InChI is InChI=1S/C18H20N2O2S.C11H15N.C9H11NO2.C9H9NS.BrH.ClH/c21-16-10-14-7-9-20(12-15(14)11-17(16)22)18(23)19-8-6-13-4-2-1-3-5-13;1-8-5-10-3-4-12-7-11(10)6-9(8)2;11-8-3-6-1-2-10-5-7(6)4-9(8)12;10-8-11-7-6-9-4-2-1-3-5-9;;/h1-5,10-11,21-22H,6-9,12H2,(H,19,23);5-6,12H,3-4,7H2,1-2H3;3-4,10-12H,1-2,5H2;1-5H,6-7H2;2*1H. The summed E-state index contributed by atoms with van der Waals surface area (Å²) in [6.07, 6.45) is 4.84. The minimum atomic E-state index is -0.0754. The molecule has 7 N–H and O–H groups in total. The molecule has 3 aliphatic heterocycles. The zero-order chi connectivity index (χ0) is 41.3. The number of nitrogens with zero attached hydrogens (tertiary/aromatic N) is 2. The largest absolute Gasteiger partial charge is 0.504 e. The maximum absolute atomic E-state index is 9.65. The van der Waals surface area contributed by atoms with E-state index in [0.29, 0.717) is 6.54 Å². The van der Waals surface area contributed by atoms with Crippen molar-refractivity contribution < 1.29 is 20.4 Å². The number of hydrogen-bond acceptors (Lipinski definition) is 9. The van der Waals surface area contributed by atoms with E-state index in [1.54, 1.807) is 24.3 Å². The van der Waals surface area contributed by atoms with Crippen LogP contribution in [0.15, 0.2) is 97.1 Å². The van der Waals surface area contributed by atoms with Gasteiger partial charge in [0.05, 0.1) is 0 Å². The molecule has 0 radical (unpaired) electrons. The van der Waals surface area contributed by atoms with E-state index in [0.717, 1.165) is 98.1 Å². The van der Waals surface area contributed by atoms with Crippen molar-refractivity contribution in [2.45, 2.75) is 65.6 Å². The highest BCUT2D eigenvalue weighted by molar-refractivity contribution is 8.93. The molecular formula is C47H57BrClN5O4S2. The fourth-order valence-electron chi connectivity index (χ4n) is 6.97. The molecule has 0 unspecified atom stereocenters. The van der Waals surface area contributed by atoms with Gasteiger partial charge in [0.1, 0.15) is 5.40 Å². The number of thioether (sulfide) groups is 1. The van der Waals surface area contributed by atoms with Crippen LogP contribution in [0.5, 0.6) is 23.0 Å². The maximum Gasteiger partial charge on any atom is 0.169 e. The Balaban J connectivity index is 0.000000223. The highest BCUT2D eigenvalue weighted by atomic mass is 79.9. The molecule has 9 nitrogen and oxygen atoms in total. The lowest BCUT2D eigenvalue weighted by Crippen LogP contribution is -2.43. The SMILES string of the molecule is Br.Cc1cc2c(cc1C)CNCC2.Cl.N#CSCCc1ccccc1.Oc1cc2c(cc1O)CN(C(=S)NCCc1ccccc1)CC2.Oc1cc2c(cc1O)CNCC2. The first-order valence-corrected chi connectivity index (χ1v) is 21.2. The van der Waals surface area contributed by atoms with Crippen LogP contribution in [0.25, 0.3) is 0 Å². The van der Waals surface area contributed by atoms with Gasteiger partial charge in [0, 0.05) is 38.5 Å². The summed E-state index contributed by atoms with van der Waals surface area (Å²) in [6.45, 7) is 10.6. The van der Waals surface area contributed by atoms with Gasteiger partial charge in [0.25, 0.3) is 0 Å². The third-order valence-corrected chi connectivity index (χ3v) is 11.4. The molecular weight excluding hydrogens is 878 g/mol. The van der Waals surface area contributed by atoms with Gasteiger partial charge in [-0.05, 0) is 163 Å². The number of benzene rings is 5. The molecule has 0 atom stereocenters. The predicted molar refractivity (Wildman–Crippen MR) is 257 cm³/mol. The van der Waals surface area contributed by atoms with Crippen LogP contribution in [0, 0.1) is 24.5 Å². The normalized spacial score (nSPS) is 13.1.